The zero-order chi connectivity index (χ0) is 25.0. The fourth-order valence-electron chi connectivity index (χ4n) is 7.67. The highest BCUT2D eigenvalue weighted by Gasteiger charge is 2.25. The topological polar surface area (TPSA) is 22.0 Å². The summed E-state index contributed by atoms with van der Waals surface area (Å²) in [5.74, 6) is 0. The predicted octanol–water partition coefficient (Wildman–Crippen LogP) is 9.89. The van der Waals surface area contributed by atoms with E-state index in [1.54, 1.807) is 0 Å². The van der Waals surface area contributed by atoms with Crippen molar-refractivity contribution in [2.45, 2.75) is 0 Å². The van der Waals surface area contributed by atoms with Gasteiger partial charge < -0.3 is 13.2 Å². The third-order valence-corrected chi connectivity index (χ3v) is 9.15. The van der Waals surface area contributed by atoms with Crippen LogP contribution in [-0.4, -0.2) is 8.80 Å². The minimum absolute atomic E-state index is 0.935. The lowest BCUT2D eigenvalue weighted by atomic mass is 10.0. The van der Waals surface area contributed by atoms with Crippen molar-refractivity contribution in [1.82, 2.24) is 8.80 Å². The third kappa shape index (κ3) is 1.95. The average molecular weight is 495 g/mol. The summed E-state index contributed by atoms with van der Waals surface area (Å²) in [7, 11) is 0. The van der Waals surface area contributed by atoms with Crippen LogP contribution in [0.4, 0.5) is 0 Å². The molecule has 0 atom stereocenters. The molecule has 39 heavy (non-hydrogen) atoms. The van der Waals surface area contributed by atoms with E-state index in [1.165, 1.54) is 87.0 Å². The van der Waals surface area contributed by atoms with Gasteiger partial charge in [-0.15, -0.1) is 0 Å². The summed E-state index contributed by atoms with van der Waals surface area (Å²) < 4.78 is 11.3. The lowest BCUT2D eigenvalue weighted by Crippen LogP contribution is -1.82. The summed E-state index contributed by atoms with van der Waals surface area (Å²) in [4.78, 5) is 0. The molecular formula is C36H18N2O. The van der Waals surface area contributed by atoms with Crippen molar-refractivity contribution < 1.29 is 4.42 Å². The van der Waals surface area contributed by atoms with E-state index in [2.05, 4.69) is 112 Å². The van der Waals surface area contributed by atoms with Crippen molar-refractivity contribution in [2.75, 3.05) is 0 Å². The van der Waals surface area contributed by atoms with E-state index in [4.69, 9.17) is 4.42 Å². The number of para-hydroxylation sites is 4. The molecule has 0 aliphatic carbocycles. The summed E-state index contributed by atoms with van der Waals surface area (Å²) in [5.41, 5.74) is 9.49. The van der Waals surface area contributed by atoms with Gasteiger partial charge in [0.15, 0.2) is 0 Å². The molecule has 0 amide bonds. The molecule has 11 rings (SSSR count). The monoisotopic (exact) mass is 494 g/mol. The number of benzene rings is 6. The SMILES string of the molecule is c1ccc2c(c1)oc1cc3c(cc12)c1cc2c4cccc5c6ccccc6n(c54)c2c2c4ccccc4n3c12. The van der Waals surface area contributed by atoms with Crippen LogP contribution in [0.3, 0.4) is 0 Å². The van der Waals surface area contributed by atoms with E-state index >= 15 is 0 Å². The Labute approximate surface area is 220 Å². The normalized spacial score (nSPS) is 13.1. The van der Waals surface area contributed by atoms with E-state index in [0.29, 0.717) is 0 Å². The molecule has 0 saturated heterocycles. The minimum atomic E-state index is 0.935. The number of furan rings is 1. The maximum Gasteiger partial charge on any atom is 0.137 e. The Hall–Kier alpha value is -5.28. The summed E-state index contributed by atoms with van der Waals surface area (Å²) in [6.45, 7) is 0. The molecule has 178 valence electrons. The van der Waals surface area contributed by atoms with Crippen molar-refractivity contribution in [3.05, 3.63) is 109 Å². The van der Waals surface area contributed by atoms with Crippen LogP contribution < -0.4 is 0 Å². The first-order chi connectivity index (χ1) is 19.4. The molecule has 0 aliphatic heterocycles. The highest BCUT2D eigenvalue weighted by atomic mass is 16.3. The highest BCUT2D eigenvalue weighted by molar-refractivity contribution is 6.37. The molecule has 0 bridgehead atoms. The molecule has 0 spiro atoms. The van der Waals surface area contributed by atoms with Crippen molar-refractivity contribution >= 4 is 98.1 Å². The number of aromatic nitrogens is 2. The van der Waals surface area contributed by atoms with Gasteiger partial charge in [-0.05, 0) is 30.3 Å². The Balaban J connectivity index is 1.50. The Morgan fingerprint density at radius 3 is 1.85 bits per heavy atom. The molecule has 11 aromatic rings. The molecule has 5 aromatic heterocycles. The Morgan fingerprint density at radius 1 is 0.359 bits per heavy atom. The first-order valence-electron chi connectivity index (χ1n) is 13.5. The highest BCUT2D eigenvalue weighted by Crippen LogP contribution is 2.48. The molecule has 0 saturated carbocycles. The van der Waals surface area contributed by atoms with Crippen LogP contribution in [0.1, 0.15) is 0 Å². The molecule has 0 fully saturated rings. The lowest BCUT2D eigenvalue weighted by molar-refractivity contribution is 0.669. The second-order valence-electron chi connectivity index (χ2n) is 10.9. The van der Waals surface area contributed by atoms with Gasteiger partial charge in [0.1, 0.15) is 11.2 Å². The molecular weight excluding hydrogens is 476 g/mol. The van der Waals surface area contributed by atoms with Gasteiger partial charge in [-0.25, -0.2) is 0 Å². The second-order valence-corrected chi connectivity index (χ2v) is 10.9. The number of rotatable bonds is 0. The fraction of sp³-hybridized carbons (Fsp3) is 0. The molecule has 3 nitrogen and oxygen atoms in total. The quantitative estimate of drug-likeness (QED) is 0.206. The van der Waals surface area contributed by atoms with Crippen LogP contribution in [0.25, 0.3) is 98.1 Å². The first kappa shape index (κ1) is 18.9. The van der Waals surface area contributed by atoms with E-state index in [0.717, 1.165) is 11.2 Å². The zero-order valence-corrected chi connectivity index (χ0v) is 20.7. The second kappa shape index (κ2) is 6.06. The van der Waals surface area contributed by atoms with Gasteiger partial charge in [0.05, 0.1) is 33.1 Å². The molecule has 5 heterocycles. The van der Waals surface area contributed by atoms with Crippen LogP contribution in [0.15, 0.2) is 114 Å². The van der Waals surface area contributed by atoms with Gasteiger partial charge in [0.2, 0.25) is 0 Å². The van der Waals surface area contributed by atoms with Gasteiger partial charge in [-0.2, -0.15) is 0 Å². The van der Waals surface area contributed by atoms with Crippen LogP contribution in [0.5, 0.6) is 0 Å². The smallest absolute Gasteiger partial charge is 0.137 e. The van der Waals surface area contributed by atoms with E-state index in [1.807, 2.05) is 6.07 Å². The number of hydrogen-bond acceptors (Lipinski definition) is 1. The minimum Gasteiger partial charge on any atom is -0.456 e. The van der Waals surface area contributed by atoms with Gasteiger partial charge in [0.25, 0.3) is 0 Å². The van der Waals surface area contributed by atoms with Crippen LogP contribution in [0, 0.1) is 0 Å². The molecule has 0 N–H and O–H groups in total. The maximum atomic E-state index is 6.35. The number of fused-ring (bicyclic) bond motifs is 16. The largest absolute Gasteiger partial charge is 0.456 e. The predicted molar refractivity (Wildman–Crippen MR) is 163 cm³/mol. The summed E-state index contributed by atoms with van der Waals surface area (Å²) in [5, 5.41) is 12.8. The Kier molecular flexibility index (Phi) is 2.93. The zero-order valence-electron chi connectivity index (χ0n) is 20.7. The molecule has 3 heteroatoms. The molecule has 0 unspecified atom stereocenters. The lowest BCUT2D eigenvalue weighted by Gasteiger charge is -2.02. The molecule has 6 aromatic carbocycles. The van der Waals surface area contributed by atoms with Gasteiger partial charge in [0, 0.05) is 59.9 Å². The van der Waals surface area contributed by atoms with Crippen LogP contribution >= 0.6 is 0 Å². The van der Waals surface area contributed by atoms with Gasteiger partial charge in [-0.1, -0.05) is 72.8 Å². The standard InChI is InChI=1S/C36H18N2O/c1-4-13-28-19(8-1)21-11-7-12-22-26-17-27-24-16-25-20-9-3-6-15-31(20)39-32(25)18-30(24)37-29-14-5-2-10-23(29)33(35(27)37)36(26)38(28)34(21)22/h1-18H. The van der Waals surface area contributed by atoms with Crippen molar-refractivity contribution in [1.29, 1.82) is 0 Å². The summed E-state index contributed by atoms with van der Waals surface area (Å²) in [6.07, 6.45) is 0. The van der Waals surface area contributed by atoms with E-state index in [-0.39, 0.29) is 0 Å². The van der Waals surface area contributed by atoms with E-state index < -0.39 is 0 Å². The van der Waals surface area contributed by atoms with Gasteiger partial charge in [-0.3, -0.25) is 0 Å². The maximum absolute atomic E-state index is 6.35. The third-order valence-electron chi connectivity index (χ3n) is 9.15. The van der Waals surface area contributed by atoms with E-state index in [9.17, 15) is 0 Å². The Morgan fingerprint density at radius 2 is 0.974 bits per heavy atom. The van der Waals surface area contributed by atoms with Gasteiger partial charge >= 0.3 is 0 Å². The summed E-state index contributed by atoms with van der Waals surface area (Å²) in [6, 6.07) is 39.9. The summed E-state index contributed by atoms with van der Waals surface area (Å²) >= 11 is 0. The Bertz CT molecular complexity index is 2820. The fourth-order valence-corrected chi connectivity index (χ4v) is 7.67. The van der Waals surface area contributed by atoms with Crippen LogP contribution in [0.2, 0.25) is 0 Å². The van der Waals surface area contributed by atoms with Crippen molar-refractivity contribution in [2.24, 2.45) is 0 Å². The number of nitrogens with zero attached hydrogens (tertiary/aromatic N) is 2. The first-order valence-corrected chi connectivity index (χ1v) is 13.5. The molecule has 0 aliphatic rings. The molecule has 0 radical (unpaired) electrons. The van der Waals surface area contributed by atoms with Crippen LogP contribution in [-0.2, 0) is 0 Å². The van der Waals surface area contributed by atoms with Crippen molar-refractivity contribution in [3.63, 3.8) is 0 Å². The van der Waals surface area contributed by atoms with Crippen molar-refractivity contribution in [3.8, 4) is 0 Å². The number of hydrogen-bond donors (Lipinski definition) is 0. The average Bonchev–Trinajstić information content (AvgIpc) is 3.76.